The van der Waals surface area contributed by atoms with E-state index in [1.165, 1.54) is 12.3 Å². The van der Waals surface area contributed by atoms with E-state index < -0.39 is 0 Å². The minimum Gasteiger partial charge on any atom is -0.465 e. The van der Waals surface area contributed by atoms with Crippen molar-refractivity contribution in [1.82, 2.24) is 20.7 Å². The van der Waals surface area contributed by atoms with Gasteiger partial charge in [0.2, 0.25) is 0 Å². The van der Waals surface area contributed by atoms with Gasteiger partial charge in [-0.3, -0.25) is 15.0 Å². The zero-order valence-electron chi connectivity index (χ0n) is 16.5. The molecule has 0 saturated carbocycles. The van der Waals surface area contributed by atoms with Crippen molar-refractivity contribution in [2.75, 3.05) is 33.2 Å². The molecular weight excluding hydrogens is 356 g/mol. The Morgan fingerprint density at radius 2 is 1.82 bits per heavy atom. The van der Waals surface area contributed by atoms with E-state index in [0.29, 0.717) is 11.3 Å². The van der Waals surface area contributed by atoms with Crippen LogP contribution in [0.5, 0.6) is 0 Å². The number of hydrogen-bond acceptors (Lipinski definition) is 5. The third kappa shape index (κ3) is 5.09. The number of carbonyl (C=O) groups excluding carboxylic acids is 2. The van der Waals surface area contributed by atoms with Gasteiger partial charge in [-0.15, -0.1) is 0 Å². The number of hydrazine groups is 1. The van der Waals surface area contributed by atoms with Crippen LogP contribution in [0.15, 0.2) is 46.7 Å². The molecule has 1 aromatic heterocycles. The summed E-state index contributed by atoms with van der Waals surface area (Å²) >= 11 is 0. The molecule has 1 aliphatic heterocycles. The van der Waals surface area contributed by atoms with Crippen molar-refractivity contribution in [2.45, 2.75) is 13.8 Å². The Labute approximate surface area is 165 Å². The van der Waals surface area contributed by atoms with Crippen molar-refractivity contribution < 1.29 is 14.0 Å². The molecule has 2 aromatic rings. The van der Waals surface area contributed by atoms with Crippen molar-refractivity contribution in [3.05, 3.63) is 64.7 Å². The predicted molar refractivity (Wildman–Crippen MR) is 107 cm³/mol. The maximum absolute atomic E-state index is 12.8. The van der Waals surface area contributed by atoms with Gasteiger partial charge in [-0.1, -0.05) is 6.07 Å². The highest BCUT2D eigenvalue weighted by molar-refractivity contribution is 6.05. The molecule has 28 heavy (non-hydrogen) atoms. The van der Waals surface area contributed by atoms with Gasteiger partial charge in [0.15, 0.2) is 0 Å². The minimum atomic E-state index is -0.377. The van der Waals surface area contributed by atoms with Crippen molar-refractivity contribution in [3.8, 4) is 0 Å². The van der Waals surface area contributed by atoms with Crippen molar-refractivity contribution in [1.29, 1.82) is 0 Å². The van der Waals surface area contributed by atoms with Crippen LogP contribution in [-0.4, -0.2) is 54.9 Å². The molecule has 7 nitrogen and oxygen atoms in total. The van der Waals surface area contributed by atoms with Gasteiger partial charge in [-0.2, -0.15) is 0 Å². The van der Waals surface area contributed by atoms with E-state index in [2.05, 4.69) is 15.6 Å². The van der Waals surface area contributed by atoms with Crippen LogP contribution in [0.4, 0.5) is 0 Å². The highest BCUT2D eigenvalue weighted by Crippen LogP contribution is 2.12. The van der Waals surface area contributed by atoms with Crippen LogP contribution < -0.4 is 10.7 Å². The fourth-order valence-corrected chi connectivity index (χ4v) is 2.87. The number of amides is 2. The molecule has 2 heterocycles. The van der Waals surface area contributed by atoms with Gasteiger partial charge in [0.25, 0.3) is 11.8 Å². The fraction of sp³-hybridized carbons (Fsp3) is 0.333. The summed E-state index contributed by atoms with van der Waals surface area (Å²) in [4.78, 5) is 27.7. The molecule has 148 valence electrons. The normalized spacial score (nSPS) is 16.0. The topological polar surface area (TPSA) is 77.8 Å². The SMILES string of the molecule is Cc1ccc(C(=O)NC(=Cc2ccco2)C(=O)NN2CCN(C)CC2)cc1C. The van der Waals surface area contributed by atoms with Crippen molar-refractivity contribution >= 4 is 17.9 Å². The largest absolute Gasteiger partial charge is 0.465 e. The van der Waals surface area contributed by atoms with Gasteiger partial charge in [0.1, 0.15) is 11.5 Å². The number of hydrogen-bond donors (Lipinski definition) is 2. The Hall–Kier alpha value is -2.90. The molecule has 3 rings (SSSR count). The highest BCUT2D eigenvalue weighted by atomic mass is 16.3. The van der Waals surface area contributed by atoms with E-state index >= 15 is 0 Å². The summed E-state index contributed by atoms with van der Waals surface area (Å²) in [7, 11) is 2.05. The van der Waals surface area contributed by atoms with Crippen LogP contribution in [-0.2, 0) is 4.79 Å². The van der Waals surface area contributed by atoms with Crippen LogP contribution in [0.25, 0.3) is 6.08 Å². The quantitative estimate of drug-likeness (QED) is 0.773. The van der Waals surface area contributed by atoms with Gasteiger partial charge in [-0.05, 0) is 56.3 Å². The number of likely N-dealkylation sites (N-methyl/N-ethyl adjacent to an activating group) is 1. The number of furan rings is 1. The van der Waals surface area contributed by atoms with Crippen molar-refractivity contribution in [3.63, 3.8) is 0 Å². The van der Waals surface area contributed by atoms with E-state index in [0.717, 1.165) is 37.3 Å². The third-order valence-electron chi connectivity index (χ3n) is 4.85. The number of aryl methyl sites for hydroxylation is 2. The molecule has 1 aromatic carbocycles. The molecule has 0 unspecified atom stereocenters. The van der Waals surface area contributed by atoms with Crippen LogP contribution >= 0.6 is 0 Å². The number of carbonyl (C=O) groups is 2. The Bertz CT molecular complexity index is 866. The van der Waals surface area contributed by atoms with Crippen LogP contribution in [0.1, 0.15) is 27.2 Å². The Morgan fingerprint density at radius 3 is 2.46 bits per heavy atom. The molecule has 0 atom stereocenters. The Kier molecular flexibility index (Phi) is 6.28. The van der Waals surface area contributed by atoms with Crippen LogP contribution in [0.3, 0.4) is 0 Å². The van der Waals surface area contributed by atoms with Gasteiger partial charge in [-0.25, -0.2) is 5.01 Å². The lowest BCUT2D eigenvalue weighted by Crippen LogP contribution is -2.53. The number of rotatable bonds is 5. The molecule has 1 fully saturated rings. The van der Waals surface area contributed by atoms with Crippen LogP contribution in [0, 0.1) is 13.8 Å². The number of nitrogens with one attached hydrogen (secondary N) is 2. The molecule has 0 bridgehead atoms. The molecule has 7 heteroatoms. The second-order valence-electron chi connectivity index (χ2n) is 7.06. The zero-order valence-corrected chi connectivity index (χ0v) is 16.5. The summed E-state index contributed by atoms with van der Waals surface area (Å²) in [6.45, 7) is 7.12. The first-order valence-electron chi connectivity index (χ1n) is 9.30. The summed E-state index contributed by atoms with van der Waals surface area (Å²) in [5.74, 6) is -0.225. The summed E-state index contributed by atoms with van der Waals surface area (Å²) in [6, 6.07) is 8.91. The van der Waals surface area contributed by atoms with E-state index in [4.69, 9.17) is 4.42 Å². The molecule has 1 aliphatic rings. The van der Waals surface area contributed by atoms with E-state index in [-0.39, 0.29) is 17.5 Å². The van der Waals surface area contributed by atoms with E-state index in [1.54, 1.807) is 18.2 Å². The van der Waals surface area contributed by atoms with Gasteiger partial charge >= 0.3 is 0 Å². The smallest absolute Gasteiger partial charge is 0.282 e. The summed E-state index contributed by atoms with van der Waals surface area (Å²) < 4.78 is 5.31. The van der Waals surface area contributed by atoms with Gasteiger partial charge < -0.3 is 14.6 Å². The first kappa shape index (κ1) is 19.9. The van der Waals surface area contributed by atoms with Gasteiger partial charge in [0, 0.05) is 37.8 Å². The molecule has 1 saturated heterocycles. The molecule has 0 spiro atoms. The molecule has 2 N–H and O–H groups in total. The standard InChI is InChI=1S/C21H26N4O3/c1-15-6-7-17(13-16(15)2)20(26)22-19(14-18-5-4-12-28-18)21(27)23-25-10-8-24(3)9-11-25/h4-7,12-14H,8-11H2,1-3H3,(H,22,26)(H,23,27). The first-order valence-corrected chi connectivity index (χ1v) is 9.30. The summed E-state index contributed by atoms with van der Waals surface area (Å²) in [5.41, 5.74) is 5.64. The Balaban J connectivity index is 1.76. The number of piperazine rings is 1. The second kappa shape index (κ2) is 8.86. The number of nitrogens with zero attached hydrogens (tertiary/aromatic N) is 2. The zero-order chi connectivity index (χ0) is 20.1. The molecule has 0 aliphatic carbocycles. The lowest BCUT2D eigenvalue weighted by Gasteiger charge is -2.32. The van der Waals surface area contributed by atoms with Crippen molar-refractivity contribution in [2.24, 2.45) is 0 Å². The summed E-state index contributed by atoms with van der Waals surface area (Å²) in [6.07, 6.45) is 3.05. The Morgan fingerprint density at radius 1 is 1.07 bits per heavy atom. The maximum Gasteiger partial charge on any atom is 0.282 e. The average molecular weight is 382 g/mol. The second-order valence-corrected chi connectivity index (χ2v) is 7.06. The lowest BCUT2D eigenvalue weighted by atomic mass is 10.1. The highest BCUT2D eigenvalue weighted by Gasteiger charge is 2.20. The predicted octanol–water partition coefficient (Wildman–Crippen LogP) is 1.95. The van der Waals surface area contributed by atoms with E-state index in [9.17, 15) is 9.59 Å². The summed E-state index contributed by atoms with van der Waals surface area (Å²) in [5, 5.41) is 4.59. The van der Waals surface area contributed by atoms with E-state index in [1.807, 2.05) is 38.0 Å². The lowest BCUT2D eigenvalue weighted by molar-refractivity contribution is -0.123. The van der Waals surface area contributed by atoms with Crippen LogP contribution in [0.2, 0.25) is 0 Å². The molecule has 0 radical (unpaired) electrons. The minimum absolute atomic E-state index is 0.136. The fourth-order valence-electron chi connectivity index (χ4n) is 2.87. The number of benzene rings is 1. The third-order valence-corrected chi connectivity index (χ3v) is 4.85. The monoisotopic (exact) mass is 382 g/mol. The molecule has 2 amide bonds. The molecular formula is C21H26N4O3. The average Bonchev–Trinajstić information content (AvgIpc) is 3.18. The maximum atomic E-state index is 12.8. The first-order chi connectivity index (χ1) is 13.4. The van der Waals surface area contributed by atoms with Gasteiger partial charge in [0.05, 0.1) is 6.26 Å².